The zero-order valence-electron chi connectivity index (χ0n) is 7.87. The molecule has 2 rings (SSSR count). The van der Waals surface area contributed by atoms with Crippen LogP contribution in [0, 0.1) is 11.7 Å². The van der Waals surface area contributed by atoms with Gasteiger partial charge in [-0.25, -0.2) is 14.5 Å². The van der Waals surface area contributed by atoms with Gasteiger partial charge in [0.1, 0.15) is 0 Å². The Bertz CT molecular complexity index is 583. The third-order valence-corrected chi connectivity index (χ3v) is 2.87. The van der Waals surface area contributed by atoms with Crippen LogP contribution in [0.25, 0.3) is 5.69 Å². The van der Waals surface area contributed by atoms with Crippen LogP contribution >= 0.6 is 28.1 Å². The molecule has 2 aromatic rings. The maximum absolute atomic E-state index is 11.5. The molecule has 4 nitrogen and oxygen atoms in total. The molecule has 78 valence electrons. The number of halogens is 1. The second kappa shape index (κ2) is 3.79. The van der Waals surface area contributed by atoms with E-state index in [1.807, 2.05) is 25.1 Å². The van der Waals surface area contributed by atoms with Gasteiger partial charge in [-0.2, -0.15) is 0 Å². The van der Waals surface area contributed by atoms with E-state index in [0.29, 0.717) is 4.77 Å². The average Bonchev–Trinajstić information content (AvgIpc) is 2.51. The Labute approximate surface area is 99.1 Å². The molecule has 0 aliphatic carbocycles. The van der Waals surface area contributed by atoms with E-state index in [0.717, 1.165) is 15.7 Å². The molecule has 0 fully saturated rings. The van der Waals surface area contributed by atoms with Gasteiger partial charge in [-0.1, -0.05) is 22.0 Å². The van der Waals surface area contributed by atoms with Crippen LogP contribution in [0.2, 0.25) is 0 Å². The zero-order valence-corrected chi connectivity index (χ0v) is 10.3. The summed E-state index contributed by atoms with van der Waals surface area (Å²) in [5.74, 6) is 0. The third-order valence-electron chi connectivity index (χ3n) is 2.09. The highest BCUT2D eigenvalue weighted by atomic mass is 79.9. The van der Waals surface area contributed by atoms with Crippen LogP contribution < -0.4 is 5.69 Å². The van der Waals surface area contributed by atoms with E-state index in [4.69, 9.17) is 12.2 Å². The molecule has 2 N–H and O–H groups in total. The lowest BCUT2D eigenvalue weighted by molar-refractivity contribution is 0.963. The Kier molecular flexibility index (Phi) is 2.62. The average molecular weight is 286 g/mol. The number of aromatic nitrogens is 3. The molecule has 0 bridgehead atoms. The first-order valence-corrected chi connectivity index (χ1v) is 5.46. The van der Waals surface area contributed by atoms with Crippen LogP contribution in [0.15, 0.2) is 27.5 Å². The summed E-state index contributed by atoms with van der Waals surface area (Å²) in [7, 11) is 0. The minimum Gasteiger partial charge on any atom is -0.272 e. The highest BCUT2D eigenvalue weighted by Gasteiger charge is 2.06. The standard InChI is InChI=1S/C9H8BrN3OS/c1-5-2-3-6(10)4-7(5)13-8(14)11-12-9(13)15/h2-4H,1H3,(H,11,14)(H,12,15). The molecule has 0 amide bonds. The van der Waals surface area contributed by atoms with E-state index in [1.54, 1.807) is 0 Å². The van der Waals surface area contributed by atoms with E-state index >= 15 is 0 Å². The van der Waals surface area contributed by atoms with Crippen molar-refractivity contribution in [2.24, 2.45) is 0 Å². The van der Waals surface area contributed by atoms with Crippen molar-refractivity contribution in [3.8, 4) is 5.69 Å². The number of hydrogen-bond donors (Lipinski definition) is 2. The van der Waals surface area contributed by atoms with Crippen molar-refractivity contribution in [3.63, 3.8) is 0 Å². The molecule has 6 heteroatoms. The Morgan fingerprint density at radius 3 is 2.73 bits per heavy atom. The molecule has 0 aliphatic heterocycles. The van der Waals surface area contributed by atoms with Gasteiger partial charge in [-0.15, -0.1) is 0 Å². The normalized spacial score (nSPS) is 10.5. The molecule has 0 radical (unpaired) electrons. The molecule has 1 heterocycles. The van der Waals surface area contributed by atoms with Gasteiger partial charge in [-0.05, 0) is 36.8 Å². The lowest BCUT2D eigenvalue weighted by Gasteiger charge is -2.05. The van der Waals surface area contributed by atoms with Gasteiger partial charge in [0, 0.05) is 4.47 Å². The van der Waals surface area contributed by atoms with Gasteiger partial charge in [0.2, 0.25) is 4.77 Å². The van der Waals surface area contributed by atoms with E-state index in [-0.39, 0.29) is 5.69 Å². The predicted octanol–water partition coefficient (Wildman–Crippen LogP) is 2.29. The van der Waals surface area contributed by atoms with Crippen LogP contribution in [0.5, 0.6) is 0 Å². The van der Waals surface area contributed by atoms with Crippen LogP contribution in [0.1, 0.15) is 5.56 Å². The Morgan fingerprint density at radius 1 is 1.40 bits per heavy atom. The number of hydrogen-bond acceptors (Lipinski definition) is 2. The van der Waals surface area contributed by atoms with Crippen molar-refractivity contribution in [1.29, 1.82) is 0 Å². The van der Waals surface area contributed by atoms with Crippen LogP contribution in [0.3, 0.4) is 0 Å². The largest absolute Gasteiger partial charge is 0.347 e. The van der Waals surface area contributed by atoms with Crippen molar-refractivity contribution in [2.75, 3.05) is 0 Å². The van der Waals surface area contributed by atoms with Crippen molar-refractivity contribution in [3.05, 3.63) is 43.5 Å². The minimum atomic E-state index is -0.263. The van der Waals surface area contributed by atoms with Crippen molar-refractivity contribution in [2.45, 2.75) is 6.92 Å². The first kappa shape index (κ1) is 10.4. The molecule has 15 heavy (non-hydrogen) atoms. The number of H-pyrrole nitrogens is 2. The summed E-state index contributed by atoms with van der Waals surface area (Å²) in [5.41, 5.74) is 1.50. The summed E-state index contributed by atoms with van der Waals surface area (Å²) in [6, 6.07) is 5.70. The monoisotopic (exact) mass is 285 g/mol. The summed E-state index contributed by atoms with van der Waals surface area (Å²) in [4.78, 5) is 11.5. The maximum atomic E-state index is 11.5. The Balaban J connectivity index is 2.79. The molecule has 0 unspecified atom stereocenters. The fourth-order valence-corrected chi connectivity index (χ4v) is 1.93. The fourth-order valence-electron chi connectivity index (χ4n) is 1.35. The van der Waals surface area contributed by atoms with Gasteiger partial charge >= 0.3 is 5.69 Å². The maximum Gasteiger partial charge on any atom is 0.347 e. The number of benzene rings is 1. The molecule has 0 atom stereocenters. The molecule has 1 aromatic heterocycles. The van der Waals surface area contributed by atoms with Crippen LogP contribution in [-0.4, -0.2) is 14.8 Å². The van der Waals surface area contributed by atoms with Crippen molar-refractivity contribution < 1.29 is 0 Å². The van der Waals surface area contributed by atoms with Crippen LogP contribution in [-0.2, 0) is 0 Å². The summed E-state index contributed by atoms with van der Waals surface area (Å²) >= 11 is 8.38. The number of nitrogens with one attached hydrogen (secondary N) is 2. The van der Waals surface area contributed by atoms with E-state index in [1.165, 1.54) is 4.57 Å². The smallest absolute Gasteiger partial charge is 0.272 e. The second-order valence-electron chi connectivity index (χ2n) is 3.13. The predicted molar refractivity (Wildman–Crippen MR) is 64.0 cm³/mol. The lowest BCUT2D eigenvalue weighted by Crippen LogP contribution is -2.15. The molecule has 0 saturated heterocycles. The highest BCUT2D eigenvalue weighted by Crippen LogP contribution is 2.18. The minimum absolute atomic E-state index is 0.263. The molecule has 0 aliphatic rings. The second-order valence-corrected chi connectivity index (χ2v) is 4.43. The summed E-state index contributed by atoms with van der Waals surface area (Å²) in [5, 5.41) is 5.05. The highest BCUT2D eigenvalue weighted by molar-refractivity contribution is 9.10. The van der Waals surface area contributed by atoms with E-state index in [9.17, 15) is 4.79 Å². The van der Waals surface area contributed by atoms with Gasteiger partial charge in [0.15, 0.2) is 0 Å². The van der Waals surface area contributed by atoms with Gasteiger partial charge in [0.05, 0.1) is 5.69 Å². The summed E-state index contributed by atoms with van der Waals surface area (Å²) < 4.78 is 2.70. The van der Waals surface area contributed by atoms with E-state index in [2.05, 4.69) is 26.1 Å². The Hall–Kier alpha value is -1.14. The molecule has 1 aromatic carbocycles. The molecule has 0 saturated carbocycles. The van der Waals surface area contributed by atoms with Gasteiger partial charge in [0.25, 0.3) is 0 Å². The third kappa shape index (κ3) is 1.82. The number of aromatic amines is 2. The van der Waals surface area contributed by atoms with Gasteiger partial charge < -0.3 is 0 Å². The number of rotatable bonds is 1. The molecular weight excluding hydrogens is 278 g/mol. The first-order chi connectivity index (χ1) is 7.09. The van der Waals surface area contributed by atoms with Gasteiger partial charge in [-0.3, -0.25) is 5.10 Å². The number of nitrogens with zero attached hydrogens (tertiary/aromatic N) is 1. The van der Waals surface area contributed by atoms with Crippen LogP contribution in [0.4, 0.5) is 0 Å². The fraction of sp³-hybridized carbons (Fsp3) is 0.111. The quantitative estimate of drug-likeness (QED) is 0.790. The molecular formula is C9H8BrN3OS. The zero-order chi connectivity index (χ0) is 11.0. The van der Waals surface area contributed by atoms with E-state index < -0.39 is 0 Å². The lowest BCUT2D eigenvalue weighted by atomic mass is 10.2. The molecule has 0 spiro atoms. The summed E-state index contributed by atoms with van der Waals surface area (Å²) in [6.45, 7) is 1.93. The first-order valence-electron chi connectivity index (χ1n) is 4.26. The Morgan fingerprint density at radius 2 is 2.13 bits per heavy atom. The van der Waals surface area contributed by atoms with Crippen molar-refractivity contribution >= 4 is 28.1 Å². The topological polar surface area (TPSA) is 53.6 Å². The number of aryl methyl sites for hydroxylation is 1. The SMILES string of the molecule is Cc1ccc(Br)cc1-n1c(=O)[nH][nH]c1=S. The van der Waals surface area contributed by atoms with Crippen molar-refractivity contribution in [1.82, 2.24) is 14.8 Å². The summed E-state index contributed by atoms with van der Waals surface area (Å²) in [6.07, 6.45) is 0.